The van der Waals surface area contributed by atoms with E-state index in [1.54, 1.807) is 24.3 Å². The molecule has 0 unspecified atom stereocenters. The zero-order chi connectivity index (χ0) is 19.8. The maximum Gasteiger partial charge on any atom is 0.344 e. The topological polar surface area (TPSA) is 114 Å². The van der Waals surface area contributed by atoms with E-state index in [-0.39, 0.29) is 16.9 Å². The average Bonchev–Trinajstić information content (AvgIpc) is 2.69. The predicted molar refractivity (Wildman–Crippen MR) is 95.3 cm³/mol. The molecule has 0 bridgehead atoms. The van der Waals surface area contributed by atoms with Crippen molar-refractivity contribution in [3.63, 3.8) is 0 Å². The Kier molecular flexibility index (Phi) is 6.76. The molecular formula is C19H19NO7. The molecule has 142 valence electrons. The molecule has 0 aliphatic carbocycles. The molecule has 8 nitrogen and oxygen atoms in total. The number of methoxy groups -OCH3 is 2. The number of hydrogen-bond acceptors (Lipinski definition) is 7. The number of benzene rings is 2. The monoisotopic (exact) mass is 373 g/mol. The largest absolute Gasteiger partial charge is 0.497 e. The second kappa shape index (κ2) is 9.23. The summed E-state index contributed by atoms with van der Waals surface area (Å²) in [5.74, 6) is -0.955. The Morgan fingerprint density at radius 3 is 2.30 bits per heavy atom. The zero-order valence-electron chi connectivity index (χ0n) is 14.9. The Morgan fingerprint density at radius 1 is 0.889 bits per heavy atom. The van der Waals surface area contributed by atoms with Crippen LogP contribution in [0.5, 0.6) is 17.2 Å². The Labute approximate surface area is 155 Å². The number of nitrogens with two attached hydrogens (primary N) is 1. The van der Waals surface area contributed by atoms with Gasteiger partial charge in [-0.25, -0.2) is 4.79 Å². The van der Waals surface area contributed by atoms with Gasteiger partial charge in [0, 0.05) is 0 Å². The van der Waals surface area contributed by atoms with E-state index in [0.29, 0.717) is 11.5 Å². The molecule has 0 saturated carbocycles. The molecule has 0 spiro atoms. The third-order valence-corrected chi connectivity index (χ3v) is 3.57. The maximum atomic E-state index is 12.3. The van der Waals surface area contributed by atoms with Crippen molar-refractivity contribution in [1.82, 2.24) is 0 Å². The van der Waals surface area contributed by atoms with Crippen molar-refractivity contribution in [3.05, 3.63) is 53.6 Å². The number of ketones is 1. The number of Topliss-reactive ketones (excluding diaryl/α,β-unsaturated/α-hetero) is 1. The van der Waals surface area contributed by atoms with Crippen LogP contribution < -0.4 is 19.9 Å². The van der Waals surface area contributed by atoms with Crippen LogP contribution in [0, 0.1) is 0 Å². The van der Waals surface area contributed by atoms with Crippen LogP contribution in [0.2, 0.25) is 0 Å². The van der Waals surface area contributed by atoms with Crippen LogP contribution in [0.25, 0.3) is 0 Å². The van der Waals surface area contributed by atoms with E-state index in [1.807, 2.05) is 0 Å². The minimum atomic E-state index is -0.774. The van der Waals surface area contributed by atoms with Crippen LogP contribution in [-0.4, -0.2) is 45.1 Å². The highest BCUT2D eigenvalue weighted by Gasteiger charge is 2.17. The first kappa shape index (κ1) is 19.8. The van der Waals surface area contributed by atoms with Crippen molar-refractivity contribution >= 4 is 17.7 Å². The lowest BCUT2D eigenvalue weighted by Crippen LogP contribution is -2.21. The highest BCUT2D eigenvalue weighted by molar-refractivity contribution is 6.00. The zero-order valence-corrected chi connectivity index (χ0v) is 14.9. The van der Waals surface area contributed by atoms with Gasteiger partial charge in [-0.2, -0.15) is 0 Å². The van der Waals surface area contributed by atoms with Crippen LogP contribution in [0.3, 0.4) is 0 Å². The number of carbonyl (C=O) groups is 3. The second-order valence-electron chi connectivity index (χ2n) is 5.30. The molecule has 2 rings (SSSR count). The number of hydrogen-bond donors (Lipinski definition) is 1. The van der Waals surface area contributed by atoms with Crippen molar-refractivity contribution in [2.45, 2.75) is 0 Å². The second-order valence-corrected chi connectivity index (χ2v) is 5.30. The van der Waals surface area contributed by atoms with Crippen molar-refractivity contribution < 1.29 is 33.3 Å². The van der Waals surface area contributed by atoms with Crippen LogP contribution in [0.4, 0.5) is 0 Å². The van der Waals surface area contributed by atoms with Gasteiger partial charge >= 0.3 is 5.97 Å². The van der Waals surface area contributed by atoms with E-state index in [4.69, 9.17) is 24.7 Å². The molecule has 0 fully saturated rings. The first-order valence-electron chi connectivity index (χ1n) is 7.88. The van der Waals surface area contributed by atoms with Crippen molar-refractivity contribution in [3.8, 4) is 17.2 Å². The Hall–Kier alpha value is -3.55. The summed E-state index contributed by atoms with van der Waals surface area (Å²) in [5.41, 5.74) is 5.60. The molecule has 2 aromatic rings. The van der Waals surface area contributed by atoms with Crippen LogP contribution in [-0.2, 0) is 9.53 Å². The minimum Gasteiger partial charge on any atom is -0.497 e. The van der Waals surface area contributed by atoms with Gasteiger partial charge in [-0.3, -0.25) is 9.59 Å². The molecule has 0 aliphatic heterocycles. The van der Waals surface area contributed by atoms with Gasteiger partial charge in [0.2, 0.25) is 5.78 Å². The Bertz CT molecular complexity index is 848. The molecule has 0 radical (unpaired) electrons. The molecule has 8 heteroatoms. The lowest BCUT2D eigenvalue weighted by atomic mass is 10.1. The van der Waals surface area contributed by atoms with Crippen molar-refractivity contribution in [1.29, 1.82) is 0 Å². The van der Waals surface area contributed by atoms with E-state index < -0.39 is 30.9 Å². The number of esters is 1. The number of carbonyl (C=O) groups excluding carboxylic acids is 3. The standard InChI is InChI=1S/C19H19NO7/c1-24-12-7-8-16(25-2)14(9-12)15(21)10-27-18(22)11-26-17-6-4-3-5-13(17)19(20)23/h3-9H,10-11H2,1-2H3,(H2,20,23). The average molecular weight is 373 g/mol. The van der Waals surface area contributed by atoms with Gasteiger partial charge in [-0.05, 0) is 30.3 Å². The molecule has 0 heterocycles. The molecule has 0 aromatic heterocycles. The third-order valence-electron chi connectivity index (χ3n) is 3.57. The summed E-state index contributed by atoms with van der Waals surface area (Å²) >= 11 is 0. The highest BCUT2D eigenvalue weighted by atomic mass is 16.6. The summed E-state index contributed by atoms with van der Waals surface area (Å²) in [4.78, 5) is 35.4. The van der Waals surface area contributed by atoms with Crippen LogP contribution in [0.15, 0.2) is 42.5 Å². The van der Waals surface area contributed by atoms with Crippen molar-refractivity contribution in [2.24, 2.45) is 5.73 Å². The van der Waals surface area contributed by atoms with E-state index in [1.165, 1.54) is 32.4 Å². The van der Waals surface area contributed by atoms with Gasteiger partial charge in [0.15, 0.2) is 13.2 Å². The van der Waals surface area contributed by atoms with Crippen molar-refractivity contribution in [2.75, 3.05) is 27.4 Å². The number of rotatable bonds is 9. The highest BCUT2D eigenvalue weighted by Crippen LogP contribution is 2.24. The maximum absolute atomic E-state index is 12.3. The molecule has 1 amide bonds. The van der Waals surface area contributed by atoms with Gasteiger partial charge in [0.05, 0.1) is 25.3 Å². The summed E-state index contributed by atoms with van der Waals surface area (Å²) < 4.78 is 20.4. The summed E-state index contributed by atoms with van der Waals surface area (Å²) in [7, 11) is 2.89. The molecule has 0 atom stereocenters. The number of primary amides is 1. The normalized spacial score (nSPS) is 10.0. The smallest absolute Gasteiger partial charge is 0.344 e. The van der Waals surface area contributed by atoms with E-state index in [2.05, 4.69) is 0 Å². The fourth-order valence-corrected chi connectivity index (χ4v) is 2.23. The summed E-state index contributed by atoms with van der Waals surface area (Å²) in [6.45, 7) is -0.976. The number of amides is 1. The Balaban J connectivity index is 1.94. The van der Waals surface area contributed by atoms with Crippen LogP contribution in [0.1, 0.15) is 20.7 Å². The molecule has 0 saturated heterocycles. The summed E-state index contributed by atoms with van der Waals surface area (Å²) in [5, 5.41) is 0. The SMILES string of the molecule is COc1ccc(OC)c(C(=O)COC(=O)COc2ccccc2C(N)=O)c1. The quantitative estimate of drug-likeness (QED) is 0.524. The molecule has 2 N–H and O–H groups in total. The first-order valence-corrected chi connectivity index (χ1v) is 7.88. The molecule has 27 heavy (non-hydrogen) atoms. The lowest BCUT2D eigenvalue weighted by molar-refractivity contribution is -0.144. The van der Waals surface area contributed by atoms with Gasteiger partial charge in [-0.1, -0.05) is 12.1 Å². The fraction of sp³-hybridized carbons (Fsp3) is 0.211. The molecular weight excluding hydrogens is 354 g/mol. The molecule has 2 aromatic carbocycles. The summed E-state index contributed by atoms with van der Waals surface area (Å²) in [6, 6.07) is 10.9. The predicted octanol–water partition coefficient (Wildman–Crippen LogP) is 1.61. The van der Waals surface area contributed by atoms with Gasteiger partial charge in [0.1, 0.15) is 17.2 Å². The first-order chi connectivity index (χ1) is 13.0. The molecule has 0 aliphatic rings. The lowest BCUT2D eigenvalue weighted by Gasteiger charge is -2.11. The fourth-order valence-electron chi connectivity index (χ4n) is 2.23. The summed E-state index contributed by atoms with van der Waals surface area (Å²) in [6.07, 6.45) is 0. The van der Waals surface area contributed by atoms with Gasteiger partial charge in [0.25, 0.3) is 5.91 Å². The van der Waals surface area contributed by atoms with Gasteiger partial charge < -0.3 is 24.7 Å². The number of ether oxygens (including phenoxy) is 4. The van der Waals surface area contributed by atoms with E-state index in [0.717, 1.165) is 0 Å². The van der Waals surface area contributed by atoms with E-state index in [9.17, 15) is 14.4 Å². The minimum absolute atomic E-state index is 0.141. The third kappa shape index (κ3) is 5.21. The van der Waals surface area contributed by atoms with Crippen LogP contribution >= 0.6 is 0 Å². The van der Waals surface area contributed by atoms with Gasteiger partial charge in [-0.15, -0.1) is 0 Å². The Morgan fingerprint density at radius 2 is 1.63 bits per heavy atom. The number of para-hydroxylation sites is 1. The van der Waals surface area contributed by atoms with E-state index >= 15 is 0 Å².